The van der Waals surface area contributed by atoms with Gasteiger partial charge in [0.2, 0.25) is 5.95 Å². The number of furan rings is 1. The predicted molar refractivity (Wildman–Crippen MR) is 232 cm³/mol. The highest BCUT2D eigenvalue weighted by Gasteiger charge is 2.23. The third-order valence-electron chi connectivity index (χ3n) is 11.2. The first-order chi connectivity index (χ1) is 28.3. The van der Waals surface area contributed by atoms with Crippen molar-refractivity contribution < 1.29 is 4.42 Å². The molecule has 0 spiro atoms. The second kappa shape index (κ2) is 12.3. The number of benzene rings is 8. The fourth-order valence-corrected chi connectivity index (χ4v) is 8.66. The molecule has 0 fully saturated rings. The van der Waals surface area contributed by atoms with Gasteiger partial charge in [0.15, 0.2) is 17.2 Å². The second-order valence-corrected chi connectivity index (χ2v) is 14.4. The molecule has 0 bridgehead atoms. The van der Waals surface area contributed by atoms with E-state index in [0.29, 0.717) is 17.6 Å². The van der Waals surface area contributed by atoms with Crippen LogP contribution in [0.1, 0.15) is 0 Å². The lowest BCUT2D eigenvalue weighted by Gasteiger charge is -2.12. The standard InChI is InChI=1S/C51H31N5O/c1-3-14-32(15-4-1)33-26-28-34(29-27-33)49-52-50(54-51(53-49)56-43-23-11-7-18-36(43)37-19-8-12-24-44(37)56)41-21-13-25-45-46(41)40-31-30-39-38-20-9-10-22-42(38)55(47(39)48(40)57-45)35-16-5-2-6-17-35/h1-31H. The Hall–Kier alpha value is -7.83. The van der Waals surface area contributed by atoms with Crippen molar-refractivity contribution in [1.82, 2.24) is 24.1 Å². The van der Waals surface area contributed by atoms with Gasteiger partial charge in [0.05, 0.1) is 22.1 Å². The number of hydrogen-bond acceptors (Lipinski definition) is 4. The zero-order valence-corrected chi connectivity index (χ0v) is 30.5. The summed E-state index contributed by atoms with van der Waals surface area (Å²) in [5, 5.41) is 6.56. The van der Waals surface area contributed by atoms with Crippen molar-refractivity contribution >= 4 is 65.6 Å². The number of nitrogens with zero attached hydrogens (tertiary/aromatic N) is 5. The molecule has 6 nitrogen and oxygen atoms in total. The zero-order valence-electron chi connectivity index (χ0n) is 30.5. The van der Waals surface area contributed by atoms with Gasteiger partial charge in [-0.3, -0.25) is 4.57 Å². The molecule has 4 aromatic heterocycles. The van der Waals surface area contributed by atoms with Gasteiger partial charge in [0, 0.05) is 49.1 Å². The summed E-state index contributed by atoms with van der Waals surface area (Å²) in [5.41, 5.74) is 11.0. The van der Waals surface area contributed by atoms with Crippen LogP contribution in [0.4, 0.5) is 0 Å². The number of fused-ring (bicyclic) bond motifs is 10. The maximum atomic E-state index is 6.91. The van der Waals surface area contributed by atoms with E-state index in [1.54, 1.807) is 0 Å². The topological polar surface area (TPSA) is 61.7 Å². The zero-order chi connectivity index (χ0) is 37.5. The number of para-hydroxylation sites is 4. The van der Waals surface area contributed by atoms with Crippen molar-refractivity contribution in [1.29, 1.82) is 0 Å². The Labute approximate surface area is 326 Å². The van der Waals surface area contributed by atoms with E-state index in [1.165, 1.54) is 5.39 Å². The van der Waals surface area contributed by atoms with Crippen LogP contribution in [-0.4, -0.2) is 24.1 Å². The van der Waals surface area contributed by atoms with Gasteiger partial charge in [-0.25, -0.2) is 4.98 Å². The number of aromatic nitrogens is 5. The molecule has 0 radical (unpaired) electrons. The fraction of sp³-hybridized carbons (Fsp3) is 0. The van der Waals surface area contributed by atoms with Gasteiger partial charge >= 0.3 is 0 Å². The molecule has 0 aliphatic rings. The van der Waals surface area contributed by atoms with Crippen molar-refractivity contribution in [3.63, 3.8) is 0 Å². The molecule has 57 heavy (non-hydrogen) atoms. The molecular weight excluding hydrogens is 699 g/mol. The minimum Gasteiger partial charge on any atom is -0.454 e. The summed E-state index contributed by atoms with van der Waals surface area (Å²) in [6.45, 7) is 0. The van der Waals surface area contributed by atoms with E-state index in [9.17, 15) is 0 Å². The minimum atomic E-state index is 0.552. The molecule has 12 aromatic rings. The quantitative estimate of drug-likeness (QED) is 0.177. The Morgan fingerprint density at radius 2 is 0.912 bits per heavy atom. The SMILES string of the molecule is c1ccc(-c2ccc(-c3nc(-c4cccc5oc6c(ccc7c8ccccc8n(-c8ccccc8)c76)c45)nc(-n4c5ccccc5c5ccccc54)n3)cc2)cc1. The highest BCUT2D eigenvalue weighted by atomic mass is 16.3. The van der Waals surface area contributed by atoms with Crippen LogP contribution in [0.5, 0.6) is 0 Å². The highest BCUT2D eigenvalue weighted by molar-refractivity contribution is 6.23. The van der Waals surface area contributed by atoms with Gasteiger partial charge in [-0.1, -0.05) is 146 Å². The smallest absolute Gasteiger partial charge is 0.238 e. The minimum absolute atomic E-state index is 0.552. The van der Waals surface area contributed by atoms with Crippen molar-refractivity contribution in [3.05, 3.63) is 188 Å². The van der Waals surface area contributed by atoms with E-state index in [0.717, 1.165) is 88.1 Å². The molecule has 266 valence electrons. The van der Waals surface area contributed by atoms with E-state index in [4.69, 9.17) is 19.4 Å². The van der Waals surface area contributed by atoms with Gasteiger partial charge in [-0.05, 0) is 53.6 Å². The Morgan fingerprint density at radius 3 is 1.61 bits per heavy atom. The van der Waals surface area contributed by atoms with Crippen LogP contribution in [-0.2, 0) is 0 Å². The first kappa shape index (κ1) is 31.5. The predicted octanol–water partition coefficient (Wildman–Crippen LogP) is 13.0. The lowest BCUT2D eigenvalue weighted by molar-refractivity contribution is 0.671. The first-order valence-electron chi connectivity index (χ1n) is 19.1. The lowest BCUT2D eigenvalue weighted by Crippen LogP contribution is -2.06. The van der Waals surface area contributed by atoms with Crippen LogP contribution in [0.3, 0.4) is 0 Å². The number of rotatable bonds is 5. The van der Waals surface area contributed by atoms with Crippen LogP contribution in [0, 0.1) is 0 Å². The average molecular weight is 730 g/mol. The summed E-state index contributed by atoms with van der Waals surface area (Å²) >= 11 is 0. The van der Waals surface area contributed by atoms with Crippen LogP contribution >= 0.6 is 0 Å². The molecule has 0 saturated heterocycles. The van der Waals surface area contributed by atoms with Crippen LogP contribution in [0.25, 0.3) is 111 Å². The Bertz CT molecular complexity index is 3450. The van der Waals surface area contributed by atoms with E-state index < -0.39 is 0 Å². The third-order valence-corrected chi connectivity index (χ3v) is 11.2. The summed E-state index contributed by atoms with van der Waals surface area (Å²) < 4.78 is 11.4. The summed E-state index contributed by atoms with van der Waals surface area (Å²) in [7, 11) is 0. The Kier molecular flexibility index (Phi) is 6.83. The monoisotopic (exact) mass is 729 g/mol. The van der Waals surface area contributed by atoms with Crippen LogP contribution in [0.2, 0.25) is 0 Å². The molecule has 0 amide bonds. The third kappa shape index (κ3) is 4.81. The van der Waals surface area contributed by atoms with Gasteiger partial charge < -0.3 is 8.98 Å². The molecule has 0 N–H and O–H groups in total. The summed E-state index contributed by atoms with van der Waals surface area (Å²) in [6.07, 6.45) is 0. The summed E-state index contributed by atoms with van der Waals surface area (Å²) in [4.78, 5) is 15.8. The molecular formula is C51H31N5O. The van der Waals surface area contributed by atoms with Gasteiger partial charge in [0.1, 0.15) is 5.58 Å². The van der Waals surface area contributed by atoms with Crippen LogP contribution < -0.4 is 0 Å². The Balaban J connectivity index is 1.13. The molecule has 0 saturated carbocycles. The number of hydrogen-bond donors (Lipinski definition) is 0. The van der Waals surface area contributed by atoms with Gasteiger partial charge in [0.25, 0.3) is 0 Å². The largest absolute Gasteiger partial charge is 0.454 e. The van der Waals surface area contributed by atoms with E-state index in [1.807, 2.05) is 18.2 Å². The van der Waals surface area contributed by atoms with E-state index >= 15 is 0 Å². The highest BCUT2D eigenvalue weighted by Crippen LogP contribution is 2.43. The molecule has 0 unspecified atom stereocenters. The maximum Gasteiger partial charge on any atom is 0.238 e. The molecule has 12 rings (SSSR count). The Morgan fingerprint density at radius 1 is 0.368 bits per heavy atom. The molecule has 0 aliphatic carbocycles. The van der Waals surface area contributed by atoms with Gasteiger partial charge in [-0.15, -0.1) is 0 Å². The first-order valence-corrected chi connectivity index (χ1v) is 19.1. The molecule has 0 atom stereocenters. The lowest BCUT2D eigenvalue weighted by atomic mass is 10.0. The van der Waals surface area contributed by atoms with Crippen LogP contribution in [0.15, 0.2) is 192 Å². The van der Waals surface area contributed by atoms with E-state index in [2.05, 4.69) is 179 Å². The van der Waals surface area contributed by atoms with Crippen molar-refractivity contribution in [2.45, 2.75) is 0 Å². The molecule has 6 heteroatoms. The molecule has 8 aromatic carbocycles. The molecule has 4 heterocycles. The van der Waals surface area contributed by atoms with Crippen molar-refractivity contribution in [2.75, 3.05) is 0 Å². The van der Waals surface area contributed by atoms with Crippen molar-refractivity contribution in [3.8, 4) is 45.5 Å². The van der Waals surface area contributed by atoms with E-state index in [-0.39, 0.29) is 0 Å². The summed E-state index contributed by atoms with van der Waals surface area (Å²) in [6, 6.07) is 65.4. The fourth-order valence-electron chi connectivity index (χ4n) is 8.66. The second-order valence-electron chi connectivity index (χ2n) is 14.4. The van der Waals surface area contributed by atoms with Crippen molar-refractivity contribution in [2.24, 2.45) is 0 Å². The normalized spacial score (nSPS) is 11.9. The summed E-state index contributed by atoms with van der Waals surface area (Å²) in [5.74, 6) is 1.71. The molecule has 0 aliphatic heterocycles. The maximum absolute atomic E-state index is 6.91. The average Bonchev–Trinajstić information content (AvgIpc) is 3.95. The van der Waals surface area contributed by atoms with Gasteiger partial charge in [-0.2, -0.15) is 9.97 Å².